The van der Waals surface area contributed by atoms with E-state index in [-0.39, 0.29) is 24.7 Å². The minimum Gasteiger partial charge on any atom is -0.345 e. The van der Waals surface area contributed by atoms with E-state index in [9.17, 15) is 14.4 Å². The lowest BCUT2D eigenvalue weighted by Gasteiger charge is -2.12. The van der Waals surface area contributed by atoms with Crippen molar-refractivity contribution in [2.75, 3.05) is 11.9 Å². The summed E-state index contributed by atoms with van der Waals surface area (Å²) in [6, 6.07) is 13.0. The Morgan fingerprint density at radius 2 is 1.56 bits per heavy atom. The van der Waals surface area contributed by atoms with E-state index in [0.29, 0.717) is 5.52 Å². The van der Waals surface area contributed by atoms with Crippen LogP contribution in [0.2, 0.25) is 0 Å². The lowest BCUT2D eigenvalue weighted by molar-refractivity contribution is -0.124. The van der Waals surface area contributed by atoms with Gasteiger partial charge in [-0.1, -0.05) is 30.3 Å². The van der Waals surface area contributed by atoms with Gasteiger partial charge < -0.3 is 10.6 Å². The van der Waals surface area contributed by atoms with E-state index in [1.165, 1.54) is 9.13 Å². The van der Waals surface area contributed by atoms with Crippen molar-refractivity contribution in [3.63, 3.8) is 0 Å². The molecule has 0 unspecified atom stereocenters. The molecule has 2 N–H and O–H groups in total. The minimum absolute atomic E-state index is 0.142. The largest absolute Gasteiger partial charge is 0.345 e. The molecule has 2 amide bonds. The van der Waals surface area contributed by atoms with Gasteiger partial charge in [0.25, 0.3) is 0 Å². The van der Waals surface area contributed by atoms with Crippen molar-refractivity contribution in [3.8, 4) is 0 Å². The van der Waals surface area contributed by atoms with Crippen LogP contribution in [-0.2, 0) is 23.2 Å². The number of hydrogen-bond acceptors (Lipinski definition) is 3. The van der Waals surface area contributed by atoms with E-state index < -0.39 is 5.91 Å². The Bertz CT molecular complexity index is 1060. The molecule has 3 rings (SSSR count). The zero-order valence-electron chi connectivity index (χ0n) is 15.6. The summed E-state index contributed by atoms with van der Waals surface area (Å²) in [5.74, 6) is -0.712. The molecule has 1 aromatic heterocycles. The van der Waals surface area contributed by atoms with Gasteiger partial charge in [0.2, 0.25) is 11.8 Å². The molecule has 0 saturated carbocycles. The van der Waals surface area contributed by atoms with Crippen molar-refractivity contribution < 1.29 is 9.59 Å². The van der Waals surface area contributed by atoms with E-state index in [4.69, 9.17) is 0 Å². The molecule has 27 heavy (non-hydrogen) atoms. The number of carbonyl (C=O) groups excluding carboxylic acids is 2. The van der Waals surface area contributed by atoms with E-state index in [2.05, 4.69) is 10.6 Å². The van der Waals surface area contributed by atoms with Crippen LogP contribution in [0.25, 0.3) is 11.0 Å². The van der Waals surface area contributed by atoms with Gasteiger partial charge in [-0.15, -0.1) is 0 Å². The lowest BCUT2D eigenvalue weighted by Crippen LogP contribution is -2.37. The average Bonchev–Trinajstić information content (AvgIpc) is 2.88. The van der Waals surface area contributed by atoms with Gasteiger partial charge in [0.1, 0.15) is 6.54 Å². The molecule has 0 spiro atoms. The van der Waals surface area contributed by atoms with Gasteiger partial charge in [-0.3, -0.25) is 18.7 Å². The Labute approximate surface area is 156 Å². The molecule has 0 radical (unpaired) electrons. The first-order chi connectivity index (χ1) is 12.9. The van der Waals surface area contributed by atoms with Crippen LogP contribution in [-0.4, -0.2) is 27.5 Å². The first kappa shape index (κ1) is 18.4. The third-order valence-electron chi connectivity index (χ3n) is 4.55. The van der Waals surface area contributed by atoms with Gasteiger partial charge >= 0.3 is 5.69 Å². The van der Waals surface area contributed by atoms with E-state index in [1.807, 2.05) is 50.2 Å². The van der Waals surface area contributed by atoms with E-state index >= 15 is 0 Å². The number of aryl methyl sites for hydroxylation is 3. The van der Waals surface area contributed by atoms with E-state index in [0.717, 1.165) is 22.3 Å². The van der Waals surface area contributed by atoms with Gasteiger partial charge in [-0.05, 0) is 37.1 Å². The van der Waals surface area contributed by atoms with Crippen LogP contribution in [0.4, 0.5) is 5.69 Å². The Balaban J connectivity index is 1.65. The van der Waals surface area contributed by atoms with Crippen LogP contribution < -0.4 is 16.3 Å². The summed E-state index contributed by atoms with van der Waals surface area (Å²) >= 11 is 0. The molecule has 0 atom stereocenters. The number of hydrogen-bond donors (Lipinski definition) is 2. The number of fused-ring (bicyclic) bond motifs is 1. The fourth-order valence-electron chi connectivity index (χ4n) is 3.09. The Morgan fingerprint density at radius 3 is 2.22 bits per heavy atom. The van der Waals surface area contributed by atoms with Crippen LogP contribution in [0.3, 0.4) is 0 Å². The van der Waals surface area contributed by atoms with Crippen molar-refractivity contribution in [1.82, 2.24) is 14.5 Å². The van der Waals surface area contributed by atoms with E-state index in [1.54, 1.807) is 13.1 Å². The molecule has 0 fully saturated rings. The highest BCUT2D eigenvalue weighted by Gasteiger charge is 2.14. The Hall–Kier alpha value is -3.35. The van der Waals surface area contributed by atoms with Gasteiger partial charge in [0, 0.05) is 12.7 Å². The van der Waals surface area contributed by atoms with Crippen molar-refractivity contribution in [1.29, 1.82) is 0 Å². The van der Waals surface area contributed by atoms with Crippen molar-refractivity contribution in [2.45, 2.75) is 20.4 Å². The van der Waals surface area contributed by atoms with Crippen LogP contribution in [0.1, 0.15) is 11.1 Å². The second-order valence-corrected chi connectivity index (χ2v) is 6.51. The third-order valence-corrected chi connectivity index (χ3v) is 4.55. The second kappa shape index (κ2) is 7.49. The normalized spacial score (nSPS) is 10.8. The summed E-state index contributed by atoms with van der Waals surface area (Å²) in [6.45, 7) is 3.52. The summed E-state index contributed by atoms with van der Waals surface area (Å²) in [6.07, 6.45) is 0. The molecule has 0 bridgehead atoms. The van der Waals surface area contributed by atoms with Crippen molar-refractivity contribution >= 4 is 28.5 Å². The number of imidazole rings is 1. The molecule has 0 saturated heterocycles. The first-order valence-corrected chi connectivity index (χ1v) is 8.65. The minimum atomic E-state index is -0.398. The average molecular weight is 366 g/mol. The fraction of sp³-hybridized carbons (Fsp3) is 0.250. The van der Waals surface area contributed by atoms with Crippen LogP contribution in [0, 0.1) is 13.8 Å². The molecule has 7 heteroatoms. The zero-order valence-corrected chi connectivity index (χ0v) is 15.6. The number of anilines is 1. The topological polar surface area (TPSA) is 85.1 Å². The zero-order chi connectivity index (χ0) is 19.6. The standard InChI is InChI=1S/C20H22N4O3/c1-13-7-6-8-14(2)19(13)22-17(25)11-21-18(26)12-24-16-10-5-4-9-15(16)23(3)20(24)27/h4-10H,11-12H2,1-3H3,(H,21,26)(H,22,25). The SMILES string of the molecule is Cc1cccc(C)c1NC(=O)CNC(=O)Cn1c(=O)n(C)c2ccccc21. The fourth-order valence-corrected chi connectivity index (χ4v) is 3.09. The van der Waals surface area contributed by atoms with Gasteiger partial charge in [-0.2, -0.15) is 0 Å². The monoisotopic (exact) mass is 366 g/mol. The number of rotatable bonds is 5. The summed E-state index contributed by atoms with van der Waals surface area (Å²) in [5.41, 5.74) is 3.82. The number of aromatic nitrogens is 2. The molecule has 3 aromatic rings. The molecule has 0 aliphatic carbocycles. The molecular weight excluding hydrogens is 344 g/mol. The van der Waals surface area contributed by atoms with Crippen molar-refractivity contribution in [3.05, 3.63) is 64.1 Å². The number of nitrogens with one attached hydrogen (secondary N) is 2. The third kappa shape index (κ3) is 3.76. The molecule has 0 aliphatic rings. The summed E-state index contributed by atoms with van der Waals surface area (Å²) in [4.78, 5) is 36.8. The predicted molar refractivity (Wildman–Crippen MR) is 105 cm³/mol. The Morgan fingerprint density at radius 1 is 0.926 bits per heavy atom. The molecule has 1 heterocycles. The van der Waals surface area contributed by atoms with Crippen LogP contribution in [0.15, 0.2) is 47.3 Å². The van der Waals surface area contributed by atoms with Gasteiger partial charge in [-0.25, -0.2) is 4.79 Å². The molecule has 140 valence electrons. The van der Waals surface area contributed by atoms with Crippen LogP contribution >= 0.6 is 0 Å². The summed E-state index contributed by atoms with van der Waals surface area (Å²) < 4.78 is 2.89. The smallest absolute Gasteiger partial charge is 0.329 e. The number of para-hydroxylation sites is 3. The predicted octanol–water partition coefficient (Wildman–Crippen LogP) is 1.71. The molecule has 0 aliphatic heterocycles. The maximum Gasteiger partial charge on any atom is 0.329 e. The number of carbonyl (C=O) groups is 2. The molecule has 2 aromatic carbocycles. The maximum atomic E-state index is 12.3. The van der Waals surface area contributed by atoms with Gasteiger partial charge in [0.05, 0.1) is 17.6 Å². The first-order valence-electron chi connectivity index (χ1n) is 8.65. The maximum absolute atomic E-state index is 12.3. The summed E-state index contributed by atoms with van der Waals surface area (Å²) in [7, 11) is 1.66. The molecule has 7 nitrogen and oxygen atoms in total. The van der Waals surface area contributed by atoms with Crippen molar-refractivity contribution in [2.24, 2.45) is 7.05 Å². The van der Waals surface area contributed by atoms with Gasteiger partial charge in [0.15, 0.2) is 0 Å². The summed E-state index contributed by atoms with van der Waals surface area (Å²) in [5, 5.41) is 5.39. The number of amides is 2. The highest BCUT2D eigenvalue weighted by Crippen LogP contribution is 2.19. The second-order valence-electron chi connectivity index (χ2n) is 6.51. The molecular formula is C20H22N4O3. The number of nitrogens with zero attached hydrogens (tertiary/aromatic N) is 2. The highest BCUT2D eigenvalue weighted by molar-refractivity contribution is 5.95. The quantitative estimate of drug-likeness (QED) is 0.721. The number of benzene rings is 2. The van der Waals surface area contributed by atoms with Crippen LogP contribution in [0.5, 0.6) is 0 Å². The highest BCUT2D eigenvalue weighted by atomic mass is 16.2. The lowest BCUT2D eigenvalue weighted by atomic mass is 10.1. The Kier molecular flexibility index (Phi) is 5.12.